The molecule has 0 radical (unpaired) electrons. The van der Waals surface area contributed by atoms with Gasteiger partial charge in [0.1, 0.15) is 6.04 Å². The molecular formula is C16H22ClN3O. The van der Waals surface area contributed by atoms with Gasteiger partial charge in [-0.25, -0.2) is 0 Å². The number of nitrogens with one attached hydrogen (secondary N) is 2. The summed E-state index contributed by atoms with van der Waals surface area (Å²) in [4.78, 5) is 14.3. The van der Waals surface area contributed by atoms with Crippen molar-refractivity contribution < 1.29 is 4.79 Å². The third kappa shape index (κ3) is 2.62. The Kier molecular flexibility index (Phi) is 3.62. The maximum Gasteiger partial charge on any atom is 0.246 e. The van der Waals surface area contributed by atoms with Crippen LogP contribution in [-0.2, 0) is 4.79 Å². The maximum atomic E-state index is 11.9. The Morgan fingerprint density at radius 2 is 2.19 bits per heavy atom. The van der Waals surface area contributed by atoms with E-state index in [0.29, 0.717) is 5.41 Å². The third-order valence-electron chi connectivity index (χ3n) is 4.48. The van der Waals surface area contributed by atoms with Crippen LogP contribution in [0.1, 0.15) is 38.3 Å². The Bertz CT molecular complexity index is 585. The number of amides is 1. The number of rotatable bonds is 2. The number of fused-ring (bicyclic) bond motifs is 1. The maximum absolute atomic E-state index is 11.9. The first-order chi connectivity index (χ1) is 9.91. The van der Waals surface area contributed by atoms with Crippen LogP contribution in [0.4, 0.5) is 11.4 Å². The number of anilines is 2. The fraction of sp³-hybridized carbons (Fsp3) is 0.562. The molecule has 1 aromatic rings. The lowest BCUT2D eigenvalue weighted by molar-refractivity contribution is -0.117. The number of likely N-dealkylation sites (N-methyl/N-ethyl adjacent to an activating group) is 1. The quantitative estimate of drug-likeness (QED) is 0.882. The minimum atomic E-state index is -0.302. The van der Waals surface area contributed by atoms with Gasteiger partial charge in [-0.3, -0.25) is 4.79 Å². The average Bonchev–Trinajstić information content (AvgIpc) is 2.71. The van der Waals surface area contributed by atoms with Gasteiger partial charge in [0.25, 0.3) is 0 Å². The molecule has 3 rings (SSSR count). The zero-order chi connectivity index (χ0) is 15.2. The second-order valence-electron chi connectivity index (χ2n) is 6.79. The van der Waals surface area contributed by atoms with Crippen LogP contribution >= 0.6 is 11.6 Å². The summed E-state index contributed by atoms with van der Waals surface area (Å²) >= 11 is 6.50. The van der Waals surface area contributed by atoms with E-state index in [1.165, 1.54) is 12.8 Å². The van der Waals surface area contributed by atoms with Crippen LogP contribution < -0.4 is 15.5 Å². The van der Waals surface area contributed by atoms with Crippen LogP contribution in [0, 0.1) is 5.41 Å². The lowest BCUT2D eigenvalue weighted by Gasteiger charge is -2.40. The van der Waals surface area contributed by atoms with Crippen molar-refractivity contribution in [2.75, 3.05) is 30.4 Å². The van der Waals surface area contributed by atoms with Crippen LogP contribution in [0.3, 0.4) is 0 Å². The van der Waals surface area contributed by atoms with Gasteiger partial charge in [0, 0.05) is 24.3 Å². The van der Waals surface area contributed by atoms with Crippen LogP contribution in [0.5, 0.6) is 0 Å². The molecule has 114 valence electrons. The molecule has 2 aliphatic rings. The van der Waals surface area contributed by atoms with Crippen LogP contribution in [0.2, 0.25) is 5.02 Å². The normalized spacial score (nSPS) is 23.9. The molecule has 0 aromatic heterocycles. The molecule has 0 bridgehead atoms. The van der Waals surface area contributed by atoms with E-state index >= 15 is 0 Å². The zero-order valence-electron chi connectivity index (χ0n) is 12.8. The van der Waals surface area contributed by atoms with Crippen molar-refractivity contribution in [3.05, 3.63) is 22.7 Å². The van der Waals surface area contributed by atoms with Crippen LogP contribution in [-0.4, -0.2) is 26.0 Å². The first-order valence-corrected chi connectivity index (χ1v) is 7.85. The lowest BCUT2D eigenvalue weighted by atomic mass is 9.84. The van der Waals surface area contributed by atoms with Crippen molar-refractivity contribution in [3.8, 4) is 0 Å². The Labute approximate surface area is 130 Å². The molecule has 4 nitrogen and oxygen atoms in total. The average molecular weight is 308 g/mol. The van der Waals surface area contributed by atoms with E-state index in [0.717, 1.165) is 35.1 Å². The summed E-state index contributed by atoms with van der Waals surface area (Å²) in [5, 5.41) is 6.69. The molecule has 0 saturated carbocycles. The smallest absolute Gasteiger partial charge is 0.246 e. The molecule has 0 aliphatic carbocycles. The van der Waals surface area contributed by atoms with Crippen molar-refractivity contribution in [2.45, 2.75) is 32.7 Å². The van der Waals surface area contributed by atoms with E-state index in [4.69, 9.17) is 11.6 Å². The molecule has 1 atom stereocenters. The third-order valence-corrected chi connectivity index (χ3v) is 4.78. The molecule has 5 heteroatoms. The minimum Gasteiger partial charge on any atom is -0.370 e. The van der Waals surface area contributed by atoms with Gasteiger partial charge in [0.15, 0.2) is 0 Å². The monoisotopic (exact) mass is 307 g/mol. The molecule has 1 unspecified atom stereocenters. The Morgan fingerprint density at radius 3 is 2.86 bits per heavy atom. The molecule has 2 aliphatic heterocycles. The number of hydrogen-bond donors (Lipinski definition) is 2. The Hall–Kier alpha value is -1.26. The van der Waals surface area contributed by atoms with Crippen molar-refractivity contribution in [2.24, 2.45) is 5.41 Å². The van der Waals surface area contributed by atoms with Gasteiger partial charge in [-0.15, -0.1) is 0 Å². The molecule has 1 aromatic carbocycles. The summed E-state index contributed by atoms with van der Waals surface area (Å²) in [6, 6.07) is 3.64. The number of piperidine rings is 1. The molecule has 1 fully saturated rings. The van der Waals surface area contributed by atoms with Crippen molar-refractivity contribution in [3.63, 3.8) is 0 Å². The predicted molar refractivity (Wildman–Crippen MR) is 87.1 cm³/mol. The summed E-state index contributed by atoms with van der Waals surface area (Å²) in [5.41, 5.74) is 3.15. The zero-order valence-corrected chi connectivity index (χ0v) is 13.5. The Morgan fingerprint density at radius 1 is 1.43 bits per heavy atom. The highest BCUT2D eigenvalue weighted by atomic mass is 35.5. The number of nitrogens with zero attached hydrogens (tertiary/aromatic N) is 1. The Balaban J connectivity index is 1.95. The van der Waals surface area contributed by atoms with Gasteiger partial charge in [-0.1, -0.05) is 25.4 Å². The number of benzene rings is 1. The fourth-order valence-electron chi connectivity index (χ4n) is 3.43. The lowest BCUT2D eigenvalue weighted by Crippen LogP contribution is -2.40. The van der Waals surface area contributed by atoms with Gasteiger partial charge in [-0.05, 0) is 37.4 Å². The van der Waals surface area contributed by atoms with E-state index in [1.54, 1.807) is 7.05 Å². The summed E-state index contributed by atoms with van der Waals surface area (Å²) in [5.74, 6) is -0.0142. The van der Waals surface area contributed by atoms with Gasteiger partial charge in [0.2, 0.25) is 5.91 Å². The number of hydrogen-bond acceptors (Lipinski definition) is 3. The topological polar surface area (TPSA) is 44.4 Å². The van der Waals surface area contributed by atoms with Gasteiger partial charge < -0.3 is 15.5 Å². The number of carbonyl (C=O) groups is 1. The largest absolute Gasteiger partial charge is 0.370 e. The highest BCUT2D eigenvalue weighted by molar-refractivity contribution is 6.33. The molecule has 1 saturated heterocycles. The summed E-state index contributed by atoms with van der Waals surface area (Å²) in [6.45, 7) is 6.60. The van der Waals surface area contributed by atoms with Gasteiger partial charge >= 0.3 is 0 Å². The summed E-state index contributed by atoms with van der Waals surface area (Å²) in [7, 11) is 1.79. The van der Waals surface area contributed by atoms with Crippen molar-refractivity contribution >= 4 is 28.9 Å². The number of halogens is 1. The molecule has 2 heterocycles. The van der Waals surface area contributed by atoms with E-state index in [2.05, 4.69) is 29.4 Å². The molecule has 0 spiro atoms. The summed E-state index contributed by atoms with van der Waals surface area (Å²) < 4.78 is 0. The SMILES string of the molecule is CNC1C(=O)Nc2cc(N3CCCC(C)(C)C3)c(Cl)cc21. The van der Waals surface area contributed by atoms with Crippen LogP contribution in [0.25, 0.3) is 0 Å². The first kappa shape index (κ1) is 14.7. The summed E-state index contributed by atoms with van der Waals surface area (Å²) in [6.07, 6.45) is 2.41. The van der Waals surface area contributed by atoms with E-state index in [-0.39, 0.29) is 11.9 Å². The molecule has 21 heavy (non-hydrogen) atoms. The van der Waals surface area contributed by atoms with Crippen molar-refractivity contribution in [1.82, 2.24) is 5.32 Å². The fourth-order valence-corrected chi connectivity index (χ4v) is 3.72. The van der Waals surface area contributed by atoms with Crippen LogP contribution in [0.15, 0.2) is 12.1 Å². The standard InChI is InChI=1S/C16H22ClN3O/c1-16(2)5-4-6-20(9-16)13-8-12-10(7-11(13)17)14(18-3)15(21)19-12/h7-8,14,18H,4-6,9H2,1-3H3,(H,19,21). The van der Waals surface area contributed by atoms with E-state index in [9.17, 15) is 4.79 Å². The second-order valence-corrected chi connectivity index (χ2v) is 7.20. The first-order valence-electron chi connectivity index (χ1n) is 7.48. The number of carbonyl (C=O) groups excluding carboxylic acids is 1. The predicted octanol–water partition coefficient (Wildman–Crippen LogP) is 3.18. The van der Waals surface area contributed by atoms with Gasteiger partial charge in [0.05, 0.1) is 10.7 Å². The second kappa shape index (κ2) is 5.18. The molecular weight excluding hydrogens is 286 g/mol. The minimum absolute atomic E-state index is 0.0142. The van der Waals surface area contributed by atoms with Gasteiger partial charge in [-0.2, -0.15) is 0 Å². The van der Waals surface area contributed by atoms with E-state index < -0.39 is 0 Å². The van der Waals surface area contributed by atoms with E-state index in [1.807, 2.05) is 12.1 Å². The highest BCUT2D eigenvalue weighted by Crippen LogP contribution is 2.41. The highest BCUT2D eigenvalue weighted by Gasteiger charge is 2.32. The molecule has 1 amide bonds. The van der Waals surface area contributed by atoms with Crippen molar-refractivity contribution in [1.29, 1.82) is 0 Å². The molecule has 2 N–H and O–H groups in total.